The standard InChI is InChI=1S/C10H19NO2/c11-7-3-1-5-9(7)13-10-6-2-4-8(10)12/h7-10,12H,1-6,11H2. The van der Waals surface area contributed by atoms with Crippen molar-refractivity contribution in [1.82, 2.24) is 0 Å². The molecule has 0 amide bonds. The molecule has 3 heteroatoms. The number of nitrogens with two attached hydrogens (primary N) is 1. The topological polar surface area (TPSA) is 55.5 Å². The summed E-state index contributed by atoms with van der Waals surface area (Å²) in [6.45, 7) is 0. The molecule has 0 spiro atoms. The molecule has 0 aliphatic heterocycles. The van der Waals surface area contributed by atoms with Crippen LogP contribution < -0.4 is 5.73 Å². The van der Waals surface area contributed by atoms with Crippen LogP contribution in [-0.2, 0) is 4.74 Å². The van der Waals surface area contributed by atoms with Gasteiger partial charge in [0.1, 0.15) is 0 Å². The van der Waals surface area contributed by atoms with Crippen LogP contribution in [0.1, 0.15) is 38.5 Å². The van der Waals surface area contributed by atoms with E-state index in [-0.39, 0.29) is 24.4 Å². The first-order valence-electron chi connectivity index (χ1n) is 5.36. The summed E-state index contributed by atoms with van der Waals surface area (Å²) >= 11 is 0. The first-order valence-corrected chi connectivity index (χ1v) is 5.36. The van der Waals surface area contributed by atoms with Gasteiger partial charge < -0.3 is 15.6 Å². The minimum atomic E-state index is -0.243. The van der Waals surface area contributed by atoms with Gasteiger partial charge in [0.2, 0.25) is 0 Å². The Labute approximate surface area is 79.3 Å². The van der Waals surface area contributed by atoms with Crippen LogP contribution in [0.15, 0.2) is 0 Å². The Hall–Kier alpha value is -0.120. The third-order valence-electron chi connectivity index (χ3n) is 3.27. The normalized spacial score (nSPS) is 45.7. The number of hydrogen-bond donors (Lipinski definition) is 2. The van der Waals surface area contributed by atoms with Gasteiger partial charge in [-0.25, -0.2) is 0 Å². The van der Waals surface area contributed by atoms with Gasteiger partial charge in [0.25, 0.3) is 0 Å². The zero-order valence-corrected chi connectivity index (χ0v) is 7.98. The molecule has 2 saturated carbocycles. The third-order valence-corrected chi connectivity index (χ3v) is 3.27. The highest BCUT2D eigenvalue weighted by Gasteiger charge is 2.32. The first kappa shape index (κ1) is 9.44. The maximum atomic E-state index is 9.57. The van der Waals surface area contributed by atoms with Gasteiger partial charge >= 0.3 is 0 Å². The molecule has 3 N–H and O–H groups in total. The van der Waals surface area contributed by atoms with E-state index < -0.39 is 0 Å². The largest absolute Gasteiger partial charge is 0.390 e. The quantitative estimate of drug-likeness (QED) is 0.669. The fourth-order valence-electron chi connectivity index (χ4n) is 2.41. The second-order valence-electron chi connectivity index (χ2n) is 4.31. The molecule has 0 heterocycles. The third kappa shape index (κ3) is 2.03. The summed E-state index contributed by atoms with van der Waals surface area (Å²) in [7, 11) is 0. The fraction of sp³-hybridized carbons (Fsp3) is 1.00. The SMILES string of the molecule is NC1CCCC1OC1CCCC1O. The maximum absolute atomic E-state index is 9.57. The van der Waals surface area contributed by atoms with Gasteiger partial charge in [-0.3, -0.25) is 0 Å². The van der Waals surface area contributed by atoms with Crippen molar-refractivity contribution in [3.8, 4) is 0 Å². The lowest BCUT2D eigenvalue weighted by Crippen LogP contribution is -2.37. The summed E-state index contributed by atoms with van der Waals surface area (Å²) < 4.78 is 5.82. The number of hydrogen-bond acceptors (Lipinski definition) is 3. The lowest BCUT2D eigenvalue weighted by Gasteiger charge is -2.23. The van der Waals surface area contributed by atoms with Crippen LogP contribution in [0.4, 0.5) is 0 Å². The molecule has 3 nitrogen and oxygen atoms in total. The number of aliphatic hydroxyl groups is 1. The molecule has 2 aliphatic rings. The molecule has 0 bridgehead atoms. The van der Waals surface area contributed by atoms with Gasteiger partial charge in [0, 0.05) is 6.04 Å². The summed E-state index contributed by atoms with van der Waals surface area (Å²) in [6, 6.07) is 0.202. The van der Waals surface area contributed by atoms with Crippen LogP contribution in [0.25, 0.3) is 0 Å². The van der Waals surface area contributed by atoms with Crippen molar-refractivity contribution in [2.24, 2.45) is 5.73 Å². The summed E-state index contributed by atoms with van der Waals surface area (Å²) in [5.74, 6) is 0. The number of ether oxygens (including phenoxy) is 1. The lowest BCUT2D eigenvalue weighted by atomic mass is 10.2. The molecule has 0 aromatic carbocycles. The zero-order valence-electron chi connectivity index (χ0n) is 7.98. The van der Waals surface area contributed by atoms with E-state index >= 15 is 0 Å². The summed E-state index contributed by atoms with van der Waals surface area (Å²) in [5, 5.41) is 9.57. The molecular formula is C10H19NO2. The van der Waals surface area contributed by atoms with Gasteiger partial charge in [-0.1, -0.05) is 0 Å². The van der Waals surface area contributed by atoms with Gasteiger partial charge in [0.15, 0.2) is 0 Å². The Bertz CT molecular complexity index is 156. The average molecular weight is 185 g/mol. The minimum Gasteiger partial charge on any atom is -0.390 e. The Kier molecular flexibility index (Phi) is 2.86. The van der Waals surface area contributed by atoms with E-state index in [4.69, 9.17) is 10.5 Å². The molecule has 2 aliphatic carbocycles. The maximum Gasteiger partial charge on any atom is 0.0838 e. The molecule has 0 radical (unpaired) electrons. The second-order valence-corrected chi connectivity index (χ2v) is 4.31. The van der Waals surface area contributed by atoms with Crippen molar-refractivity contribution >= 4 is 0 Å². The highest BCUT2D eigenvalue weighted by Crippen LogP contribution is 2.28. The van der Waals surface area contributed by atoms with Crippen LogP contribution in [0.2, 0.25) is 0 Å². The summed E-state index contributed by atoms with van der Waals surface area (Å²) in [6.07, 6.45) is 6.34. The Balaban J connectivity index is 1.82. The van der Waals surface area contributed by atoms with E-state index in [9.17, 15) is 5.11 Å². The molecule has 4 unspecified atom stereocenters. The van der Waals surface area contributed by atoms with E-state index in [1.165, 1.54) is 6.42 Å². The first-order chi connectivity index (χ1) is 6.27. The molecule has 4 atom stereocenters. The van der Waals surface area contributed by atoms with Crippen LogP contribution >= 0.6 is 0 Å². The van der Waals surface area contributed by atoms with Crippen molar-refractivity contribution < 1.29 is 9.84 Å². The monoisotopic (exact) mass is 185 g/mol. The molecule has 13 heavy (non-hydrogen) atoms. The molecule has 0 saturated heterocycles. The predicted molar refractivity (Wildman–Crippen MR) is 50.3 cm³/mol. The van der Waals surface area contributed by atoms with Crippen molar-refractivity contribution in [2.45, 2.75) is 62.9 Å². The van der Waals surface area contributed by atoms with Gasteiger partial charge in [-0.15, -0.1) is 0 Å². The van der Waals surface area contributed by atoms with E-state index in [2.05, 4.69) is 0 Å². The van der Waals surface area contributed by atoms with E-state index in [1.807, 2.05) is 0 Å². The minimum absolute atomic E-state index is 0.0640. The van der Waals surface area contributed by atoms with Gasteiger partial charge in [-0.05, 0) is 38.5 Å². The predicted octanol–water partition coefficient (Wildman–Crippen LogP) is 0.796. The molecule has 0 aromatic heterocycles. The highest BCUT2D eigenvalue weighted by molar-refractivity contribution is 4.85. The number of aliphatic hydroxyl groups excluding tert-OH is 1. The Morgan fingerprint density at radius 2 is 1.69 bits per heavy atom. The number of rotatable bonds is 2. The average Bonchev–Trinajstić information content (AvgIpc) is 2.65. The molecule has 2 rings (SSSR count). The van der Waals surface area contributed by atoms with E-state index in [0.29, 0.717) is 0 Å². The van der Waals surface area contributed by atoms with Crippen LogP contribution in [0.5, 0.6) is 0 Å². The van der Waals surface area contributed by atoms with Crippen molar-refractivity contribution in [2.75, 3.05) is 0 Å². The highest BCUT2D eigenvalue weighted by atomic mass is 16.5. The summed E-state index contributed by atoms with van der Waals surface area (Å²) in [5.41, 5.74) is 5.90. The molecule has 0 aromatic rings. The molecule has 2 fully saturated rings. The Morgan fingerprint density at radius 3 is 2.23 bits per heavy atom. The molecular weight excluding hydrogens is 166 g/mol. The van der Waals surface area contributed by atoms with Crippen molar-refractivity contribution in [3.05, 3.63) is 0 Å². The van der Waals surface area contributed by atoms with Gasteiger partial charge in [-0.2, -0.15) is 0 Å². The van der Waals surface area contributed by atoms with Crippen molar-refractivity contribution in [3.63, 3.8) is 0 Å². The van der Waals surface area contributed by atoms with Crippen LogP contribution in [-0.4, -0.2) is 29.5 Å². The van der Waals surface area contributed by atoms with Crippen molar-refractivity contribution in [1.29, 1.82) is 0 Å². The van der Waals surface area contributed by atoms with Gasteiger partial charge in [0.05, 0.1) is 18.3 Å². The van der Waals surface area contributed by atoms with E-state index in [0.717, 1.165) is 32.1 Å². The second kappa shape index (κ2) is 3.95. The van der Waals surface area contributed by atoms with Crippen LogP contribution in [0, 0.1) is 0 Å². The fourth-order valence-corrected chi connectivity index (χ4v) is 2.41. The zero-order chi connectivity index (χ0) is 9.26. The summed E-state index contributed by atoms with van der Waals surface area (Å²) in [4.78, 5) is 0. The Morgan fingerprint density at radius 1 is 1.00 bits per heavy atom. The molecule has 76 valence electrons. The van der Waals surface area contributed by atoms with E-state index in [1.54, 1.807) is 0 Å². The van der Waals surface area contributed by atoms with Crippen LogP contribution in [0.3, 0.4) is 0 Å². The lowest BCUT2D eigenvalue weighted by molar-refractivity contribution is -0.0636. The smallest absolute Gasteiger partial charge is 0.0838 e.